The SMILES string of the molecule is CC(Cn1ccc(-c2ccc(C#N)c(Cl)c2)n1)NC(=O)c1cc(C(C)(C)O)[nH]n1. The highest BCUT2D eigenvalue weighted by molar-refractivity contribution is 6.32. The van der Waals surface area contributed by atoms with E-state index in [4.69, 9.17) is 16.9 Å². The van der Waals surface area contributed by atoms with Crippen molar-refractivity contribution in [3.63, 3.8) is 0 Å². The normalized spacial score (nSPS) is 12.4. The number of nitrogens with one attached hydrogen (secondary N) is 2. The smallest absolute Gasteiger partial charge is 0.272 e. The van der Waals surface area contributed by atoms with Crippen molar-refractivity contribution in [1.82, 2.24) is 25.3 Å². The lowest BCUT2D eigenvalue weighted by Crippen LogP contribution is -2.36. The number of nitriles is 1. The third-order valence-electron chi connectivity index (χ3n) is 4.33. The number of aromatic nitrogens is 4. The maximum atomic E-state index is 12.4. The number of rotatable bonds is 6. The van der Waals surface area contributed by atoms with Gasteiger partial charge in [-0.25, -0.2) is 0 Å². The molecule has 2 aromatic heterocycles. The molecule has 29 heavy (non-hydrogen) atoms. The van der Waals surface area contributed by atoms with E-state index >= 15 is 0 Å². The Bertz CT molecular complexity index is 1070. The van der Waals surface area contributed by atoms with Gasteiger partial charge >= 0.3 is 0 Å². The number of hydrogen-bond donors (Lipinski definition) is 3. The van der Waals surface area contributed by atoms with Crippen LogP contribution in [0.15, 0.2) is 36.5 Å². The second kappa shape index (κ2) is 8.07. The third-order valence-corrected chi connectivity index (χ3v) is 4.65. The van der Waals surface area contributed by atoms with E-state index in [0.717, 1.165) is 11.3 Å². The van der Waals surface area contributed by atoms with Crippen molar-refractivity contribution >= 4 is 17.5 Å². The molecule has 0 saturated carbocycles. The van der Waals surface area contributed by atoms with Crippen LogP contribution in [0.25, 0.3) is 11.3 Å². The molecule has 1 amide bonds. The summed E-state index contributed by atoms with van der Waals surface area (Å²) in [6.07, 6.45) is 1.81. The van der Waals surface area contributed by atoms with Crippen LogP contribution < -0.4 is 5.32 Å². The number of hydrogen-bond acceptors (Lipinski definition) is 5. The van der Waals surface area contributed by atoms with Crippen molar-refractivity contribution in [2.75, 3.05) is 0 Å². The Kier molecular flexibility index (Phi) is 5.73. The molecule has 0 bridgehead atoms. The Morgan fingerprint density at radius 1 is 1.41 bits per heavy atom. The molecule has 150 valence electrons. The molecular formula is C20H21ClN6O2. The number of H-pyrrole nitrogens is 1. The summed E-state index contributed by atoms with van der Waals surface area (Å²) in [6.45, 7) is 5.54. The van der Waals surface area contributed by atoms with Gasteiger partial charge in [-0.3, -0.25) is 14.6 Å². The lowest BCUT2D eigenvalue weighted by Gasteiger charge is -2.14. The van der Waals surface area contributed by atoms with Gasteiger partial charge in [0, 0.05) is 17.8 Å². The average molecular weight is 413 g/mol. The van der Waals surface area contributed by atoms with Gasteiger partial charge in [-0.1, -0.05) is 17.7 Å². The summed E-state index contributed by atoms with van der Waals surface area (Å²) in [5.41, 5.74) is 1.52. The minimum absolute atomic E-state index is 0.206. The van der Waals surface area contributed by atoms with Gasteiger partial charge in [-0.15, -0.1) is 0 Å². The van der Waals surface area contributed by atoms with Crippen LogP contribution in [-0.2, 0) is 12.1 Å². The average Bonchev–Trinajstić information content (AvgIpc) is 3.31. The van der Waals surface area contributed by atoms with Crippen molar-refractivity contribution in [2.24, 2.45) is 0 Å². The summed E-state index contributed by atoms with van der Waals surface area (Å²) in [6, 6.07) is 10.3. The van der Waals surface area contributed by atoms with Gasteiger partial charge in [-0.05, 0) is 45.0 Å². The van der Waals surface area contributed by atoms with Crippen LogP contribution in [0.2, 0.25) is 5.02 Å². The molecule has 9 heteroatoms. The zero-order valence-corrected chi connectivity index (χ0v) is 17.0. The first-order valence-electron chi connectivity index (χ1n) is 9.00. The topological polar surface area (TPSA) is 120 Å². The van der Waals surface area contributed by atoms with Gasteiger partial charge < -0.3 is 10.4 Å². The fraction of sp³-hybridized carbons (Fsp3) is 0.300. The van der Waals surface area contributed by atoms with Crippen LogP contribution in [-0.4, -0.2) is 37.0 Å². The van der Waals surface area contributed by atoms with Crippen LogP contribution in [0.5, 0.6) is 0 Å². The zero-order chi connectivity index (χ0) is 21.2. The molecule has 3 aromatic rings. The van der Waals surface area contributed by atoms with Gasteiger partial charge in [0.25, 0.3) is 5.91 Å². The second-order valence-electron chi connectivity index (χ2n) is 7.33. The summed E-state index contributed by atoms with van der Waals surface area (Å²) in [4.78, 5) is 12.4. The summed E-state index contributed by atoms with van der Waals surface area (Å²) in [5, 5.41) is 33.3. The van der Waals surface area contributed by atoms with Crippen molar-refractivity contribution in [1.29, 1.82) is 5.26 Å². The fourth-order valence-electron chi connectivity index (χ4n) is 2.76. The summed E-state index contributed by atoms with van der Waals surface area (Å²) >= 11 is 6.09. The summed E-state index contributed by atoms with van der Waals surface area (Å²) < 4.78 is 1.72. The minimum Gasteiger partial charge on any atom is -0.384 e. The van der Waals surface area contributed by atoms with Crippen molar-refractivity contribution in [2.45, 2.75) is 39.0 Å². The lowest BCUT2D eigenvalue weighted by molar-refractivity contribution is 0.0738. The van der Waals surface area contributed by atoms with Crippen LogP contribution in [0.1, 0.15) is 42.5 Å². The van der Waals surface area contributed by atoms with Crippen molar-refractivity contribution < 1.29 is 9.90 Å². The van der Waals surface area contributed by atoms with Gasteiger partial charge in [0.2, 0.25) is 0 Å². The summed E-state index contributed by atoms with van der Waals surface area (Å²) in [5.74, 6) is -0.337. The van der Waals surface area contributed by atoms with E-state index in [1.807, 2.05) is 25.3 Å². The van der Waals surface area contributed by atoms with E-state index in [2.05, 4.69) is 20.6 Å². The van der Waals surface area contributed by atoms with E-state index in [0.29, 0.717) is 22.8 Å². The predicted octanol–water partition coefficient (Wildman–Crippen LogP) is 2.84. The number of amides is 1. The molecule has 0 saturated heterocycles. The number of aromatic amines is 1. The maximum absolute atomic E-state index is 12.4. The number of nitrogens with zero attached hydrogens (tertiary/aromatic N) is 4. The number of benzene rings is 1. The molecule has 0 fully saturated rings. The maximum Gasteiger partial charge on any atom is 0.272 e. The quantitative estimate of drug-likeness (QED) is 0.575. The molecule has 8 nitrogen and oxygen atoms in total. The highest BCUT2D eigenvalue weighted by Gasteiger charge is 2.21. The van der Waals surface area contributed by atoms with E-state index in [9.17, 15) is 9.90 Å². The molecule has 0 aliphatic carbocycles. The predicted molar refractivity (Wildman–Crippen MR) is 108 cm³/mol. The number of carbonyl (C=O) groups excluding carboxylic acids is 1. The Labute approximate surface area is 173 Å². The number of carbonyl (C=O) groups is 1. The molecule has 2 heterocycles. The molecule has 3 rings (SSSR count). The number of halogens is 1. The fourth-order valence-corrected chi connectivity index (χ4v) is 2.98. The van der Waals surface area contributed by atoms with Crippen LogP contribution in [0.4, 0.5) is 0 Å². The van der Waals surface area contributed by atoms with Crippen molar-refractivity contribution in [3.8, 4) is 17.3 Å². The molecule has 1 atom stereocenters. The first-order valence-corrected chi connectivity index (χ1v) is 9.38. The largest absolute Gasteiger partial charge is 0.384 e. The highest BCUT2D eigenvalue weighted by atomic mass is 35.5. The molecule has 0 aliphatic rings. The Balaban J connectivity index is 1.64. The Morgan fingerprint density at radius 2 is 2.17 bits per heavy atom. The third kappa shape index (κ3) is 4.83. The molecule has 0 aliphatic heterocycles. The van der Waals surface area contributed by atoms with E-state index in [-0.39, 0.29) is 17.6 Å². The van der Waals surface area contributed by atoms with Gasteiger partial charge in [0.05, 0.1) is 28.5 Å². The summed E-state index contributed by atoms with van der Waals surface area (Å²) in [7, 11) is 0. The molecule has 3 N–H and O–H groups in total. The Morgan fingerprint density at radius 3 is 2.79 bits per heavy atom. The monoisotopic (exact) mass is 412 g/mol. The first-order chi connectivity index (χ1) is 13.7. The van der Waals surface area contributed by atoms with E-state index in [1.54, 1.807) is 36.7 Å². The van der Waals surface area contributed by atoms with Crippen LogP contribution in [0.3, 0.4) is 0 Å². The Hall–Kier alpha value is -3.15. The minimum atomic E-state index is -1.10. The highest BCUT2D eigenvalue weighted by Crippen LogP contribution is 2.24. The standard InChI is InChI=1S/C20H21ClN6O2/c1-12(23-19(28)17-9-18(25-24-17)20(2,3)29)11-27-7-6-16(26-27)13-4-5-14(10-22)15(21)8-13/h4-9,12,29H,11H2,1-3H3,(H,23,28)(H,24,25). The molecule has 0 radical (unpaired) electrons. The number of aliphatic hydroxyl groups is 1. The molecule has 1 unspecified atom stereocenters. The van der Waals surface area contributed by atoms with Crippen LogP contribution in [0, 0.1) is 11.3 Å². The first kappa shape index (κ1) is 20.6. The molecule has 1 aromatic carbocycles. The van der Waals surface area contributed by atoms with Gasteiger partial charge in [0.15, 0.2) is 0 Å². The second-order valence-corrected chi connectivity index (χ2v) is 7.74. The van der Waals surface area contributed by atoms with Gasteiger partial charge in [-0.2, -0.15) is 15.5 Å². The van der Waals surface area contributed by atoms with Gasteiger partial charge in [0.1, 0.15) is 17.4 Å². The molecule has 0 spiro atoms. The molecular weight excluding hydrogens is 392 g/mol. The van der Waals surface area contributed by atoms with Crippen molar-refractivity contribution in [3.05, 3.63) is 58.5 Å². The van der Waals surface area contributed by atoms with E-state index in [1.165, 1.54) is 6.07 Å². The zero-order valence-electron chi connectivity index (χ0n) is 16.3. The van der Waals surface area contributed by atoms with E-state index < -0.39 is 5.60 Å². The lowest BCUT2D eigenvalue weighted by atomic mass is 10.1. The van der Waals surface area contributed by atoms with Crippen LogP contribution >= 0.6 is 11.6 Å².